The van der Waals surface area contributed by atoms with Crippen molar-refractivity contribution in [2.45, 2.75) is 6.92 Å². The fourth-order valence-corrected chi connectivity index (χ4v) is 1.69. The van der Waals surface area contributed by atoms with Gasteiger partial charge in [-0.1, -0.05) is 0 Å². The van der Waals surface area contributed by atoms with E-state index in [4.69, 9.17) is 14.7 Å². The van der Waals surface area contributed by atoms with Crippen LogP contribution in [-0.2, 0) is 0 Å². The third kappa shape index (κ3) is 3.18. The number of Topliss-reactive ketones (excluding diaryl/α,β-unsaturated/α-hetero) is 1. The van der Waals surface area contributed by atoms with Crippen molar-refractivity contribution >= 4 is 5.78 Å². The van der Waals surface area contributed by atoms with Gasteiger partial charge >= 0.3 is 0 Å². The smallest absolute Gasteiger partial charge is 0.216 e. The van der Waals surface area contributed by atoms with Crippen molar-refractivity contribution in [3.05, 3.63) is 47.8 Å². The standard InChI is InChI=1S/C15H14N2O3/c1-2-19-15-8-11(9-16)5-6-14(15)20-10-13(18)12-4-3-7-17-12/h3-8,17H,2,10H2,1H3. The van der Waals surface area contributed by atoms with Gasteiger partial charge in [0, 0.05) is 12.3 Å². The molecule has 0 saturated carbocycles. The third-order valence-electron chi connectivity index (χ3n) is 2.63. The Kier molecular flexibility index (Phi) is 4.40. The number of rotatable bonds is 6. The van der Waals surface area contributed by atoms with Crippen molar-refractivity contribution in [3.8, 4) is 17.6 Å². The molecule has 102 valence electrons. The minimum absolute atomic E-state index is 0.0908. The molecule has 1 heterocycles. The SMILES string of the molecule is CCOc1cc(C#N)ccc1OCC(=O)c1ccc[nH]1. The Hall–Kier alpha value is -2.74. The molecule has 2 rings (SSSR count). The Bertz CT molecular complexity index is 627. The molecule has 1 aromatic heterocycles. The molecule has 5 heteroatoms. The van der Waals surface area contributed by atoms with Crippen molar-refractivity contribution in [1.29, 1.82) is 5.26 Å². The van der Waals surface area contributed by atoms with E-state index in [2.05, 4.69) is 4.98 Å². The van der Waals surface area contributed by atoms with Crippen LogP contribution in [0.4, 0.5) is 0 Å². The van der Waals surface area contributed by atoms with Crippen molar-refractivity contribution in [2.75, 3.05) is 13.2 Å². The number of nitrogens with zero attached hydrogens (tertiary/aromatic N) is 1. The molecule has 0 spiro atoms. The van der Waals surface area contributed by atoms with Crippen LogP contribution in [0.1, 0.15) is 23.0 Å². The zero-order valence-corrected chi connectivity index (χ0v) is 11.1. The highest BCUT2D eigenvalue weighted by atomic mass is 16.5. The molecule has 0 bridgehead atoms. The summed E-state index contributed by atoms with van der Waals surface area (Å²) >= 11 is 0. The number of hydrogen-bond donors (Lipinski definition) is 1. The van der Waals surface area contributed by atoms with Crippen LogP contribution >= 0.6 is 0 Å². The average Bonchev–Trinajstić information content (AvgIpc) is 3.00. The Morgan fingerprint density at radius 3 is 2.80 bits per heavy atom. The van der Waals surface area contributed by atoms with E-state index in [1.54, 1.807) is 36.5 Å². The lowest BCUT2D eigenvalue weighted by atomic mass is 10.2. The fraction of sp³-hybridized carbons (Fsp3) is 0.200. The molecule has 0 fully saturated rings. The molecule has 0 unspecified atom stereocenters. The molecular formula is C15H14N2O3. The minimum Gasteiger partial charge on any atom is -0.490 e. The number of carbonyl (C=O) groups is 1. The summed E-state index contributed by atoms with van der Waals surface area (Å²) in [5.74, 6) is 0.762. The van der Waals surface area contributed by atoms with Gasteiger partial charge in [0.2, 0.25) is 5.78 Å². The first-order valence-electron chi connectivity index (χ1n) is 6.21. The normalized spacial score (nSPS) is 9.80. The quantitative estimate of drug-likeness (QED) is 0.818. The van der Waals surface area contributed by atoms with E-state index in [0.29, 0.717) is 29.4 Å². The molecule has 0 aliphatic rings. The first-order valence-corrected chi connectivity index (χ1v) is 6.21. The number of carbonyl (C=O) groups excluding carboxylic acids is 1. The number of benzene rings is 1. The van der Waals surface area contributed by atoms with Crippen molar-refractivity contribution in [3.63, 3.8) is 0 Å². The molecule has 0 atom stereocenters. The van der Waals surface area contributed by atoms with E-state index in [1.165, 1.54) is 0 Å². The Morgan fingerprint density at radius 1 is 1.30 bits per heavy atom. The summed E-state index contributed by atoms with van der Waals surface area (Å²) in [6.45, 7) is 2.20. The molecule has 5 nitrogen and oxygen atoms in total. The van der Waals surface area contributed by atoms with Gasteiger partial charge in [0.1, 0.15) is 0 Å². The summed E-state index contributed by atoms with van der Waals surface area (Å²) in [4.78, 5) is 14.6. The maximum atomic E-state index is 11.8. The van der Waals surface area contributed by atoms with Crippen molar-refractivity contribution in [1.82, 2.24) is 4.98 Å². The summed E-state index contributed by atoms with van der Waals surface area (Å²) in [6, 6.07) is 10.3. The van der Waals surface area contributed by atoms with Crippen LogP contribution in [0.25, 0.3) is 0 Å². The first kappa shape index (κ1) is 13.7. The number of ketones is 1. The van der Waals surface area contributed by atoms with Crippen molar-refractivity contribution < 1.29 is 14.3 Å². The molecule has 1 N–H and O–H groups in total. The van der Waals surface area contributed by atoms with Crippen LogP contribution in [0, 0.1) is 11.3 Å². The predicted molar refractivity (Wildman–Crippen MR) is 72.9 cm³/mol. The van der Waals surface area contributed by atoms with Crippen LogP contribution in [0.5, 0.6) is 11.5 Å². The highest BCUT2D eigenvalue weighted by Crippen LogP contribution is 2.28. The molecule has 0 amide bonds. The van der Waals surface area contributed by atoms with E-state index in [-0.39, 0.29) is 12.4 Å². The van der Waals surface area contributed by atoms with Gasteiger partial charge in [-0.3, -0.25) is 4.79 Å². The van der Waals surface area contributed by atoms with Crippen LogP contribution < -0.4 is 9.47 Å². The van der Waals surface area contributed by atoms with Gasteiger partial charge in [0.25, 0.3) is 0 Å². The number of nitriles is 1. The van der Waals surface area contributed by atoms with Gasteiger partial charge in [-0.15, -0.1) is 0 Å². The summed E-state index contributed by atoms with van der Waals surface area (Å²) in [5, 5.41) is 8.86. The second-order valence-corrected chi connectivity index (χ2v) is 4.00. The number of H-pyrrole nitrogens is 1. The van der Waals surface area contributed by atoms with Gasteiger partial charge in [-0.2, -0.15) is 5.26 Å². The van der Waals surface area contributed by atoms with Gasteiger partial charge in [0.15, 0.2) is 18.1 Å². The molecule has 0 aliphatic heterocycles. The summed E-state index contributed by atoms with van der Waals surface area (Å²) in [5.41, 5.74) is 0.980. The highest BCUT2D eigenvalue weighted by Gasteiger charge is 2.11. The summed E-state index contributed by atoms with van der Waals surface area (Å²) in [7, 11) is 0. The molecular weight excluding hydrogens is 256 g/mol. The zero-order valence-electron chi connectivity index (χ0n) is 11.1. The van der Waals surface area contributed by atoms with E-state index < -0.39 is 0 Å². The Morgan fingerprint density at radius 2 is 2.15 bits per heavy atom. The van der Waals surface area contributed by atoms with E-state index >= 15 is 0 Å². The molecule has 0 saturated heterocycles. The maximum Gasteiger partial charge on any atom is 0.216 e. The maximum absolute atomic E-state index is 11.8. The summed E-state index contributed by atoms with van der Waals surface area (Å²) < 4.78 is 10.9. The van der Waals surface area contributed by atoms with Gasteiger partial charge < -0.3 is 14.5 Å². The lowest BCUT2D eigenvalue weighted by Gasteiger charge is -2.11. The highest BCUT2D eigenvalue weighted by molar-refractivity contribution is 5.95. The fourth-order valence-electron chi connectivity index (χ4n) is 1.69. The second-order valence-electron chi connectivity index (χ2n) is 4.00. The molecule has 0 radical (unpaired) electrons. The Labute approximate surface area is 116 Å². The van der Waals surface area contributed by atoms with Crippen LogP contribution in [0.15, 0.2) is 36.5 Å². The summed E-state index contributed by atoms with van der Waals surface area (Å²) in [6.07, 6.45) is 1.68. The first-order chi connectivity index (χ1) is 9.74. The monoisotopic (exact) mass is 270 g/mol. The van der Waals surface area contributed by atoms with Crippen LogP contribution in [0.3, 0.4) is 0 Å². The minimum atomic E-state index is -0.151. The number of nitrogens with one attached hydrogen (secondary N) is 1. The van der Waals surface area contributed by atoms with Crippen molar-refractivity contribution in [2.24, 2.45) is 0 Å². The third-order valence-corrected chi connectivity index (χ3v) is 2.63. The zero-order chi connectivity index (χ0) is 14.4. The lowest BCUT2D eigenvalue weighted by Crippen LogP contribution is -2.12. The van der Waals surface area contributed by atoms with E-state index in [1.807, 2.05) is 13.0 Å². The lowest BCUT2D eigenvalue weighted by molar-refractivity contribution is 0.0914. The average molecular weight is 270 g/mol. The van der Waals surface area contributed by atoms with Gasteiger partial charge in [-0.05, 0) is 31.2 Å². The number of hydrogen-bond acceptors (Lipinski definition) is 4. The van der Waals surface area contributed by atoms with Gasteiger partial charge in [0.05, 0.1) is 23.9 Å². The van der Waals surface area contributed by atoms with E-state index in [0.717, 1.165) is 0 Å². The number of aromatic amines is 1. The predicted octanol–water partition coefficient (Wildman–Crippen LogP) is 2.55. The van der Waals surface area contributed by atoms with Crippen LogP contribution in [-0.4, -0.2) is 24.0 Å². The largest absolute Gasteiger partial charge is 0.490 e. The topological polar surface area (TPSA) is 75.1 Å². The second kappa shape index (κ2) is 6.43. The molecule has 1 aromatic carbocycles. The van der Waals surface area contributed by atoms with Crippen LogP contribution in [0.2, 0.25) is 0 Å². The Balaban J connectivity index is 2.09. The molecule has 2 aromatic rings. The van der Waals surface area contributed by atoms with Gasteiger partial charge in [-0.25, -0.2) is 0 Å². The number of ether oxygens (including phenoxy) is 2. The molecule has 0 aliphatic carbocycles. The number of aromatic nitrogens is 1. The van der Waals surface area contributed by atoms with E-state index in [9.17, 15) is 4.79 Å². The molecule has 20 heavy (non-hydrogen) atoms.